The van der Waals surface area contributed by atoms with Crippen molar-refractivity contribution in [2.75, 3.05) is 5.32 Å². The van der Waals surface area contributed by atoms with E-state index in [-0.39, 0.29) is 5.82 Å². The first-order valence-electron chi connectivity index (χ1n) is 4.96. The Morgan fingerprint density at radius 3 is 2.67 bits per heavy atom. The molecular weight excluding hydrogens is 189 g/mol. The van der Waals surface area contributed by atoms with Crippen LogP contribution in [0.4, 0.5) is 15.8 Å². The predicted molar refractivity (Wildman–Crippen MR) is 58.9 cm³/mol. The van der Waals surface area contributed by atoms with Crippen molar-refractivity contribution in [2.45, 2.75) is 6.42 Å². The third-order valence-corrected chi connectivity index (χ3v) is 2.73. The minimum atomic E-state index is -0.171. The monoisotopic (exact) mass is 199 g/mol. The van der Waals surface area contributed by atoms with E-state index in [0.29, 0.717) is 0 Å². The molecule has 0 amide bonds. The van der Waals surface area contributed by atoms with Crippen LogP contribution in [0.15, 0.2) is 42.5 Å². The van der Waals surface area contributed by atoms with Gasteiger partial charge in [-0.3, -0.25) is 0 Å². The van der Waals surface area contributed by atoms with Crippen LogP contribution in [0, 0.1) is 5.82 Å². The van der Waals surface area contributed by atoms with Crippen molar-refractivity contribution >= 4 is 11.4 Å². The van der Waals surface area contributed by atoms with Crippen LogP contribution in [0.5, 0.6) is 0 Å². The summed E-state index contributed by atoms with van der Waals surface area (Å²) < 4.78 is 13.0. The maximum Gasteiger partial charge on any atom is 0.123 e. The first-order valence-corrected chi connectivity index (χ1v) is 4.96. The minimum absolute atomic E-state index is 0.171. The lowest BCUT2D eigenvalue weighted by atomic mass is 9.97. The van der Waals surface area contributed by atoms with Crippen LogP contribution in [-0.4, -0.2) is 0 Å². The molecule has 0 spiro atoms. The van der Waals surface area contributed by atoms with Gasteiger partial charge in [-0.2, -0.15) is 0 Å². The molecule has 0 unspecified atom stereocenters. The zero-order valence-corrected chi connectivity index (χ0v) is 8.13. The number of hydrogen-bond acceptors (Lipinski definition) is 1. The molecule has 0 saturated heterocycles. The second-order valence-corrected chi connectivity index (χ2v) is 3.76. The number of fused-ring (bicyclic) bond motifs is 2. The number of nitrogens with one attached hydrogen (secondary N) is 1. The van der Waals surface area contributed by atoms with E-state index in [0.717, 1.165) is 23.4 Å². The van der Waals surface area contributed by atoms with Crippen molar-refractivity contribution in [3.8, 4) is 0 Å². The van der Waals surface area contributed by atoms with Crippen molar-refractivity contribution in [3.63, 3.8) is 0 Å². The molecule has 2 aromatic carbocycles. The summed E-state index contributed by atoms with van der Waals surface area (Å²) in [6.07, 6.45) is 0.802. The van der Waals surface area contributed by atoms with Gasteiger partial charge in [-0.05, 0) is 35.4 Å². The Morgan fingerprint density at radius 2 is 1.73 bits per heavy atom. The second-order valence-electron chi connectivity index (χ2n) is 3.76. The fourth-order valence-electron chi connectivity index (χ4n) is 1.98. The average Bonchev–Trinajstić information content (AvgIpc) is 2.26. The van der Waals surface area contributed by atoms with Crippen molar-refractivity contribution in [2.24, 2.45) is 0 Å². The number of benzene rings is 2. The highest BCUT2D eigenvalue weighted by molar-refractivity contribution is 5.71. The maximum atomic E-state index is 13.0. The highest BCUT2D eigenvalue weighted by Crippen LogP contribution is 2.32. The predicted octanol–water partition coefficient (Wildman–Crippen LogP) is 3.47. The molecule has 74 valence electrons. The molecule has 15 heavy (non-hydrogen) atoms. The topological polar surface area (TPSA) is 12.0 Å². The molecule has 1 aliphatic heterocycles. The van der Waals surface area contributed by atoms with E-state index < -0.39 is 0 Å². The smallest absolute Gasteiger partial charge is 0.123 e. The Bertz CT molecular complexity index is 520. The maximum absolute atomic E-state index is 13.0. The molecule has 1 N–H and O–H groups in total. The molecule has 0 atom stereocenters. The number of rotatable bonds is 0. The van der Waals surface area contributed by atoms with Gasteiger partial charge in [0.15, 0.2) is 0 Å². The molecule has 2 heteroatoms. The first kappa shape index (κ1) is 8.48. The van der Waals surface area contributed by atoms with Crippen LogP contribution in [0.3, 0.4) is 0 Å². The van der Waals surface area contributed by atoms with Crippen LogP contribution in [0.2, 0.25) is 0 Å². The molecule has 1 aliphatic rings. The quantitative estimate of drug-likeness (QED) is 0.584. The Labute approximate surface area is 87.6 Å². The van der Waals surface area contributed by atoms with Crippen LogP contribution in [0.1, 0.15) is 11.1 Å². The Morgan fingerprint density at radius 1 is 0.933 bits per heavy atom. The van der Waals surface area contributed by atoms with Crippen LogP contribution >= 0.6 is 0 Å². The first-order chi connectivity index (χ1) is 7.33. The molecular formula is C13H10FN. The lowest BCUT2D eigenvalue weighted by Gasteiger charge is -2.21. The minimum Gasteiger partial charge on any atom is -0.355 e. The van der Waals surface area contributed by atoms with Gasteiger partial charge in [0.05, 0.1) is 0 Å². The lowest BCUT2D eigenvalue weighted by molar-refractivity contribution is 0.626. The number of halogens is 1. The molecule has 1 nitrogen and oxygen atoms in total. The summed E-state index contributed by atoms with van der Waals surface area (Å²) in [6, 6.07) is 13.0. The zero-order chi connectivity index (χ0) is 10.3. The zero-order valence-electron chi connectivity index (χ0n) is 8.13. The lowest BCUT2D eigenvalue weighted by Crippen LogP contribution is -2.06. The normalized spacial score (nSPS) is 12.6. The summed E-state index contributed by atoms with van der Waals surface area (Å²) in [4.78, 5) is 0. The summed E-state index contributed by atoms with van der Waals surface area (Å²) in [6.45, 7) is 0. The van der Waals surface area contributed by atoms with E-state index in [1.54, 1.807) is 12.1 Å². The van der Waals surface area contributed by atoms with E-state index in [4.69, 9.17) is 0 Å². The number of anilines is 2. The molecule has 0 saturated carbocycles. The van der Waals surface area contributed by atoms with Gasteiger partial charge in [0.25, 0.3) is 0 Å². The third kappa shape index (κ3) is 1.38. The Balaban J connectivity index is 2.11. The van der Waals surface area contributed by atoms with Crippen LogP contribution in [0.25, 0.3) is 0 Å². The van der Waals surface area contributed by atoms with Gasteiger partial charge in [0.1, 0.15) is 5.82 Å². The summed E-state index contributed by atoms with van der Waals surface area (Å²) >= 11 is 0. The highest BCUT2D eigenvalue weighted by Gasteiger charge is 2.13. The molecule has 0 fully saturated rings. The van der Waals surface area contributed by atoms with Gasteiger partial charge in [-0.15, -0.1) is 0 Å². The van der Waals surface area contributed by atoms with Gasteiger partial charge in [0, 0.05) is 17.8 Å². The highest BCUT2D eigenvalue weighted by atomic mass is 19.1. The Hall–Kier alpha value is -1.83. The van der Waals surface area contributed by atoms with Crippen LogP contribution < -0.4 is 5.32 Å². The molecule has 0 bridgehead atoms. The van der Waals surface area contributed by atoms with E-state index >= 15 is 0 Å². The molecule has 1 heterocycles. The van der Waals surface area contributed by atoms with Gasteiger partial charge in [0.2, 0.25) is 0 Å². The molecule has 0 radical (unpaired) electrons. The molecule has 2 aromatic rings. The van der Waals surface area contributed by atoms with Crippen molar-refractivity contribution in [1.82, 2.24) is 0 Å². The summed E-state index contributed by atoms with van der Waals surface area (Å²) in [7, 11) is 0. The summed E-state index contributed by atoms with van der Waals surface area (Å²) in [5.74, 6) is -0.171. The van der Waals surface area contributed by atoms with Gasteiger partial charge in [-0.1, -0.05) is 18.2 Å². The van der Waals surface area contributed by atoms with Crippen molar-refractivity contribution < 1.29 is 4.39 Å². The van der Waals surface area contributed by atoms with Gasteiger partial charge < -0.3 is 5.32 Å². The summed E-state index contributed by atoms with van der Waals surface area (Å²) in [5, 5.41) is 3.30. The third-order valence-electron chi connectivity index (χ3n) is 2.73. The fourth-order valence-corrected chi connectivity index (χ4v) is 1.98. The van der Waals surface area contributed by atoms with Crippen molar-refractivity contribution in [1.29, 1.82) is 0 Å². The standard InChI is InChI=1S/C13H10FN/c14-11-5-6-13-10(8-11)7-9-3-1-2-4-12(9)15-13/h1-6,8,15H,7H2. The SMILES string of the molecule is Fc1ccc2c(c1)Cc1ccccc1N2. The number of para-hydroxylation sites is 1. The van der Waals surface area contributed by atoms with Gasteiger partial charge >= 0.3 is 0 Å². The summed E-state index contributed by atoms with van der Waals surface area (Å²) in [5.41, 5.74) is 4.37. The van der Waals surface area contributed by atoms with E-state index in [1.165, 1.54) is 11.6 Å². The van der Waals surface area contributed by atoms with E-state index in [9.17, 15) is 4.39 Å². The Kier molecular flexibility index (Phi) is 1.75. The van der Waals surface area contributed by atoms with E-state index in [1.807, 2.05) is 18.2 Å². The van der Waals surface area contributed by atoms with Crippen molar-refractivity contribution in [3.05, 3.63) is 59.4 Å². The number of hydrogen-bond donors (Lipinski definition) is 1. The molecule has 0 aliphatic carbocycles. The van der Waals surface area contributed by atoms with Gasteiger partial charge in [-0.25, -0.2) is 4.39 Å². The second kappa shape index (κ2) is 3.09. The fraction of sp³-hybridized carbons (Fsp3) is 0.0769. The average molecular weight is 199 g/mol. The van der Waals surface area contributed by atoms with E-state index in [2.05, 4.69) is 11.4 Å². The molecule has 0 aromatic heterocycles. The molecule has 3 rings (SSSR count). The largest absolute Gasteiger partial charge is 0.355 e. The van der Waals surface area contributed by atoms with Crippen LogP contribution in [-0.2, 0) is 6.42 Å².